The predicted molar refractivity (Wildman–Crippen MR) is 143 cm³/mol. The molecule has 3 rings (SSSR count). The number of nitriles is 1. The van der Waals surface area contributed by atoms with Gasteiger partial charge in [0.2, 0.25) is 0 Å². The number of benzene rings is 3. The molecule has 0 aromatic heterocycles. The molecule has 0 aliphatic heterocycles. The Morgan fingerprint density at radius 2 is 1.83 bits per heavy atom. The maximum absolute atomic E-state index is 12.5. The number of rotatable bonds is 9. The Morgan fingerprint density at radius 3 is 2.49 bits per heavy atom. The fraction of sp³-hybridized carbons (Fsp3) is 0.115. The van der Waals surface area contributed by atoms with E-state index in [0.717, 1.165) is 5.56 Å². The zero-order valence-electron chi connectivity index (χ0n) is 18.7. The Balaban J connectivity index is 1.68. The smallest absolute Gasteiger partial charge is 0.262 e. The molecule has 0 saturated heterocycles. The number of methoxy groups -OCH3 is 1. The number of carbonyl (C=O) groups excluding carboxylic acids is 2. The van der Waals surface area contributed by atoms with Crippen molar-refractivity contribution in [2.45, 2.75) is 6.54 Å². The molecule has 0 atom stereocenters. The Kier molecular flexibility index (Phi) is 9.52. The lowest BCUT2D eigenvalue weighted by atomic mass is 10.1. The summed E-state index contributed by atoms with van der Waals surface area (Å²) in [6, 6.07) is 21.4. The molecule has 35 heavy (non-hydrogen) atoms. The lowest BCUT2D eigenvalue weighted by Gasteiger charge is -2.14. The molecule has 0 aliphatic carbocycles. The summed E-state index contributed by atoms with van der Waals surface area (Å²) >= 11 is 7.90. The van der Waals surface area contributed by atoms with E-state index in [1.165, 1.54) is 13.2 Å². The molecule has 7 nitrogen and oxygen atoms in total. The van der Waals surface area contributed by atoms with Gasteiger partial charge in [0.15, 0.2) is 18.1 Å². The van der Waals surface area contributed by atoms with Crippen LogP contribution in [0.2, 0.25) is 5.02 Å². The molecule has 0 spiro atoms. The third-order valence-corrected chi connectivity index (χ3v) is 5.75. The lowest BCUT2D eigenvalue weighted by molar-refractivity contribution is -0.118. The van der Waals surface area contributed by atoms with Gasteiger partial charge < -0.3 is 20.1 Å². The fourth-order valence-corrected chi connectivity index (χ4v) is 3.93. The van der Waals surface area contributed by atoms with Crippen molar-refractivity contribution in [2.24, 2.45) is 0 Å². The van der Waals surface area contributed by atoms with Crippen molar-refractivity contribution in [1.82, 2.24) is 5.32 Å². The molecule has 3 aromatic carbocycles. The topological polar surface area (TPSA) is 100 Å². The molecule has 178 valence electrons. The van der Waals surface area contributed by atoms with E-state index in [1.807, 2.05) is 59.0 Å². The second-order valence-corrected chi connectivity index (χ2v) is 8.81. The number of halogens is 2. The predicted octanol–water partition coefficient (Wildman–Crippen LogP) is 5.19. The summed E-state index contributed by atoms with van der Waals surface area (Å²) in [6.07, 6.45) is 1.47. The van der Waals surface area contributed by atoms with Crippen LogP contribution >= 0.6 is 34.2 Å². The Morgan fingerprint density at radius 1 is 1.11 bits per heavy atom. The quantitative estimate of drug-likeness (QED) is 0.200. The Labute approximate surface area is 221 Å². The van der Waals surface area contributed by atoms with Gasteiger partial charge in [0.05, 0.1) is 10.7 Å². The van der Waals surface area contributed by atoms with Crippen LogP contribution < -0.4 is 20.1 Å². The first-order chi connectivity index (χ1) is 16.9. The Bertz CT molecular complexity index is 1270. The van der Waals surface area contributed by atoms with Crippen LogP contribution in [0.15, 0.2) is 72.3 Å². The van der Waals surface area contributed by atoms with E-state index >= 15 is 0 Å². The fourth-order valence-electron chi connectivity index (χ4n) is 3.02. The van der Waals surface area contributed by atoms with Crippen LogP contribution in [0.5, 0.6) is 11.5 Å². The van der Waals surface area contributed by atoms with Crippen molar-refractivity contribution in [3.63, 3.8) is 0 Å². The first-order valence-electron chi connectivity index (χ1n) is 10.4. The summed E-state index contributed by atoms with van der Waals surface area (Å²) < 4.78 is 11.8. The summed E-state index contributed by atoms with van der Waals surface area (Å²) in [7, 11) is 1.47. The molecule has 2 N–H and O–H groups in total. The average molecular weight is 602 g/mol. The average Bonchev–Trinajstić information content (AvgIpc) is 2.86. The molecule has 0 unspecified atom stereocenters. The highest BCUT2D eigenvalue weighted by atomic mass is 127. The number of nitrogens with one attached hydrogen (secondary N) is 2. The number of anilines is 1. The molecule has 0 bridgehead atoms. The molecule has 3 aromatic rings. The van der Waals surface area contributed by atoms with Crippen LogP contribution in [0.1, 0.15) is 11.1 Å². The standard InChI is InChI=1S/C26H21ClIN3O4/c1-34-23-13-18(11-19(14-29)26(33)30-15-17-5-3-2-4-6-17)12-22(28)25(23)35-16-24(32)31-21-9-7-20(27)8-10-21/h2-13H,15-16H2,1H3,(H,30,33)(H,31,32)/b19-11+. The van der Waals surface area contributed by atoms with Crippen molar-refractivity contribution < 1.29 is 19.1 Å². The number of hydrogen-bond acceptors (Lipinski definition) is 5. The summed E-state index contributed by atoms with van der Waals surface area (Å²) in [4.78, 5) is 24.8. The molecular weight excluding hydrogens is 581 g/mol. The normalized spacial score (nSPS) is 10.7. The van der Waals surface area contributed by atoms with Crippen molar-refractivity contribution in [3.05, 3.63) is 92.0 Å². The van der Waals surface area contributed by atoms with Gasteiger partial charge in [-0.1, -0.05) is 41.9 Å². The van der Waals surface area contributed by atoms with Crippen molar-refractivity contribution in [1.29, 1.82) is 5.26 Å². The van der Waals surface area contributed by atoms with E-state index in [-0.39, 0.29) is 18.1 Å². The highest BCUT2D eigenvalue weighted by molar-refractivity contribution is 14.1. The molecule has 0 radical (unpaired) electrons. The first kappa shape index (κ1) is 26.1. The van der Waals surface area contributed by atoms with Crippen molar-refractivity contribution >= 4 is 57.8 Å². The van der Waals surface area contributed by atoms with Gasteiger partial charge in [-0.05, 0) is 76.2 Å². The van der Waals surface area contributed by atoms with Gasteiger partial charge in [-0.15, -0.1) is 0 Å². The summed E-state index contributed by atoms with van der Waals surface area (Å²) in [6.45, 7) is 0.0694. The third-order valence-electron chi connectivity index (χ3n) is 4.70. The molecule has 0 fully saturated rings. The summed E-state index contributed by atoms with van der Waals surface area (Å²) in [5.41, 5.74) is 2.06. The van der Waals surface area contributed by atoms with Crippen molar-refractivity contribution in [2.75, 3.05) is 19.0 Å². The van der Waals surface area contributed by atoms with Gasteiger partial charge in [0.1, 0.15) is 11.6 Å². The third kappa shape index (κ3) is 7.73. The number of nitrogens with zero attached hydrogens (tertiary/aromatic N) is 1. The zero-order chi connectivity index (χ0) is 25.2. The van der Waals surface area contributed by atoms with Gasteiger partial charge in [-0.3, -0.25) is 9.59 Å². The van der Waals surface area contributed by atoms with Crippen LogP contribution in [0.25, 0.3) is 6.08 Å². The van der Waals surface area contributed by atoms with Gasteiger partial charge in [-0.25, -0.2) is 0 Å². The van der Waals surface area contributed by atoms with Gasteiger partial charge in [0.25, 0.3) is 11.8 Å². The molecule has 0 saturated carbocycles. The Hall–Kier alpha value is -3.55. The zero-order valence-corrected chi connectivity index (χ0v) is 21.6. The lowest BCUT2D eigenvalue weighted by Crippen LogP contribution is -2.23. The van der Waals surface area contributed by atoms with E-state index < -0.39 is 5.91 Å². The molecule has 0 heterocycles. The highest BCUT2D eigenvalue weighted by Gasteiger charge is 2.15. The summed E-state index contributed by atoms with van der Waals surface area (Å²) in [5, 5.41) is 15.5. The number of ether oxygens (including phenoxy) is 2. The first-order valence-corrected chi connectivity index (χ1v) is 11.8. The molecular formula is C26H21ClIN3O4. The number of carbonyl (C=O) groups is 2. The molecule has 9 heteroatoms. The van der Waals surface area contributed by atoms with Crippen molar-refractivity contribution in [3.8, 4) is 17.6 Å². The highest BCUT2D eigenvalue weighted by Crippen LogP contribution is 2.34. The maximum Gasteiger partial charge on any atom is 0.262 e. The van der Waals surface area contributed by atoms with Gasteiger partial charge in [-0.2, -0.15) is 5.26 Å². The van der Waals surface area contributed by atoms with Gasteiger partial charge in [0, 0.05) is 17.3 Å². The van der Waals surface area contributed by atoms with Crippen LogP contribution in [-0.2, 0) is 16.1 Å². The largest absolute Gasteiger partial charge is 0.493 e. The van der Waals surface area contributed by atoms with E-state index in [9.17, 15) is 14.9 Å². The summed E-state index contributed by atoms with van der Waals surface area (Å²) in [5.74, 6) is -0.0894. The number of hydrogen-bond donors (Lipinski definition) is 2. The van der Waals surface area contributed by atoms with Crippen LogP contribution in [0, 0.1) is 14.9 Å². The minimum absolute atomic E-state index is 0.0465. The van der Waals surface area contributed by atoms with E-state index in [1.54, 1.807) is 36.4 Å². The molecule has 2 amide bonds. The SMILES string of the molecule is COc1cc(/C=C(\C#N)C(=O)NCc2ccccc2)cc(I)c1OCC(=O)Nc1ccc(Cl)cc1. The van der Waals surface area contributed by atoms with Gasteiger partial charge >= 0.3 is 0 Å². The van der Waals surface area contributed by atoms with Crippen LogP contribution in [0.3, 0.4) is 0 Å². The van der Waals surface area contributed by atoms with E-state index in [4.69, 9.17) is 21.1 Å². The maximum atomic E-state index is 12.5. The molecule has 0 aliphatic rings. The minimum Gasteiger partial charge on any atom is -0.493 e. The number of amides is 2. The monoisotopic (exact) mass is 601 g/mol. The van der Waals surface area contributed by atoms with Crippen LogP contribution in [0.4, 0.5) is 5.69 Å². The minimum atomic E-state index is -0.482. The van der Waals surface area contributed by atoms with E-state index in [0.29, 0.717) is 37.9 Å². The second-order valence-electron chi connectivity index (χ2n) is 7.22. The van der Waals surface area contributed by atoms with Crippen LogP contribution in [-0.4, -0.2) is 25.5 Å². The second kappa shape index (κ2) is 12.8. The van der Waals surface area contributed by atoms with E-state index in [2.05, 4.69) is 10.6 Å².